The van der Waals surface area contributed by atoms with E-state index in [4.69, 9.17) is 9.47 Å². The lowest BCUT2D eigenvalue weighted by atomic mass is 9.95. The van der Waals surface area contributed by atoms with Crippen molar-refractivity contribution in [3.63, 3.8) is 0 Å². The average molecular weight is 704 g/mol. The first-order chi connectivity index (χ1) is 24.6. The lowest BCUT2D eigenvalue weighted by molar-refractivity contribution is -0.145. The molecule has 1 N–H and O–H groups in total. The number of rotatable bonds is 10. The number of alkyl carbamates (subject to hydrolysis) is 1. The lowest BCUT2D eigenvalue weighted by Crippen LogP contribution is -2.43. The number of para-hydroxylation sites is 1. The second-order valence-electron chi connectivity index (χ2n) is 12.7. The molecule has 0 aliphatic carbocycles. The summed E-state index contributed by atoms with van der Waals surface area (Å²) in [5.41, 5.74) is 2.53. The van der Waals surface area contributed by atoms with Gasteiger partial charge in [-0.25, -0.2) is 4.79 Å². The Morgan fingerprint density at radius 3 is 2.20 bits per heavy atom. The maximum absolute atomic E-state index is 15.1. The van der Waals surface area contributed by atoms with Gasteiger partial charge in [0.1, 0.15) is 11.6 Å². The molecular formula is C41H41N3O6S. The molecule has 0 fully saturated rings. The second-order valence-corrected chi connectivity index (χ2v) is 13.6. The molecule has 3 amide bonds. The Balaban J connectivity index is 1.58. The summed E-state index contributed by atoms with van der Waals surface area (Å²) < 4.78 is 10.7. The summed E-state index contributed by atoms with van der Waals surface area (Å²) in [5.74, 6) is 2.37. The van der Waals surface area contributed by atoms with Crippen molar-refractivity contribution in [1.29, 1.82) is 0 Å². The molecule has 0 bridgehead atoms. The van der Waals surface area contributed by atoms with Crippen molar-refractivity contribution >= 4 is 47.0 Å². The van der Waals surface area contributed by atoms with Crippen LogP contribution in [0.1, 0.15) is 73.2 Å². The van der Waals surface area contributed by atoms with Crippen LogP contribution in [0.2, 0.25) is 0 Å². The molecule has 5 rings (SSSR count). The fraction of sp³-hybridized carbons (Fsp3) is 0.268. The number of anilines is 2. The van der Waals surface area contributed by atoms with Crippen molar-refractivity contribution in [3.8, 4) is 11.2 Å². The summed E-state index contributed by atoms with van der Waals surface area (Å²) in [7, 11) is 0. The first-order valence-corrected chi connectivity index (χ1v) is 17.8. The average Bonchev–Trinajstić information content (AvgIpc) is 3.20. The Kier molecular flexibility index (Phi) is 12.2. The Morgan fingerprint density at radius 2 is 1.55 bits per heavy atom. The van der Waals surface area contributed by atoms with E-state index in [2.05, 4.69) is 16.5 Å². The van der Waals surface area contributed by atoms with Gasteiger partial charge in [-0.3, -0.25) is 19.3 Å². The van der Waals surface area contributed by atoms with Gasteiger partial charge in [0.2, 0.25) is 0 Å². The van der Waals surface area contributed by atoms with Crippen LogP contribution in [0.3, 0.4) is 0 Å². The molecular weight excluding hydrogens is 663 g/mol. The maximum Gasteiger partial charge on any atom is 0.407 e. The number of thioether (sulfide) groups is 1. The number of benzene rings is 4. The number of carbonyl (C=O) groups is 4. The van der Waals surface area contributed by atoms with Crippen LogP contribution in [-0.2, 0) is 19.1 Å². The molecule has 0 aromatic heterocycles. The minimum Gasteiger partial charge on any atom is -0.466 e. The molecule has 0 saturated carbocycles. The zero-order valence-electron chi connectivity index (χ0n) is 29.1. The molecule has 1 heterocycles. The third kappa shape index (κ3) is 9.38. The van der Waals surface area contributed by atoms with Gasteiger partial charge >= 0.3 is 12.1 Å². The minimum atomic E-state index is -1.09. The molecule has 262 valence electrons. The third-order valence-corrected chi connectivity index (χ3v) is 8.54. The van der Waals surface area contributed by atoms with E-state index in [9.17, 15) is 9.59 Å². The summed E-state index contributed by atoms with van der Waals surface area (Å²) >= 11 is 1.32. The molecule has 51 heavy (non-hydrogen) atoms. The van der Waals surface area contributed by atoms with E-state index < -0.39 is 35.7 Å². The Labute approximate surface area is 303 Å². The maximum atomic E-state index is 15.1. The number of ether oxygens (including phenoxy) is 2. The number of amides is 3. The van der Waals surface area contributed by atoms with E-state index in [1.165, 1.54) is 16.7 Å². The second kappa shape index (κ2) is 16.9. The van der Waals surface area contributed by atoms with Crippen LogP contribution in [-0.4, -0.2) is 53.3 Å². The van der Waals surface area contributed by atoms with E-state index in [0.29, 0.717) is 40.4 Å². The number of hydrogen-bond acceptors (Lipinski definition) is 7. The number of nitrogens with one attached hydrogen (secondary N) is 1. The van der Waals surface area contributed by atoms with Gasteiger partial charge in [-0.2, -0.15) is 0 Å². The molecule has 9 nitrogen and oxygen atoms in total. The summed E-state index contributed by atoms with van der Waals surface area (Å²) in [5, 5.41) is 5.77. The fourth-order valence-electron chi connectivity index (χ4n) is 5.79. The molecule has 0 saturated heterocycles. The molecule has 2 unspecified atom stereocenters. The highest BCUT2D eigenvalue weighted by Gasteiger charge is 2.45. The first-order valence-electron chi connectivity index (χ1n) is 16.8. The molecule has 2 atom stereocenters. The molecule has 4 aromatic rings. The first kappa shape index (κ1) is 36.7. The monoisotopic (exact) mass is 703 g/mol. The van der Waals surface area contributed by atoms with Crippen LogP contribution in [0.4, 0.5) is 16.2 Å². The quantitative estimate of drug-likeness (QED) is 0.102. The molecule has 10 heteroatoms. The zero-order chi connectivity index (χ0) is 36.4. The fourth-order valence-corrected chi connectivity index (χ4v) is 6.29. The number of carbonyl (C=O) groups excluding carboxylic acids is 4. The number of esters is 1. The van der Waals surface area contributed by atoms with Gasteiger partial charge in [0.05, 0.1) is 30.3 Å². The predicted octanol–water partition coefficient (Wildman–Crippen LogP) is 7.81. The topological polar surface area (TPSA) is 105 Å². The van der Waals surface area contributed by atoms with Gasteiger partial charge in [-0.1, -0.05) is 96.5 Å². The van der Waals surface area contributed by atoms with E-state index >= 15 is 9.59 Å². The molecule has 1 aliphatic heterocycles. The standard InChI is InChI=1S/C41H41N3O6S/c1-5-49-36(45)28-35(30-15-9-6-10-16-30)44-37(31-17-11-7-12-18-31)39(47)43(32-19-13-8-14-20-32)34-22-21-29(27-33(34)38(44)46)23-25-51-26-24-42-40(48)50-41(2,3)4/h6-22,27,35,37H,5,24,26,28H2,1-4H3,(H,42,48). The van der Waals surface area contributed by atoms with Crippen LogP contribution < -0.4 is 10.2 Å². The summed E-state index contributed by atoms with van der Waals surface area (Å²) in [6, 6.07) is 30.9. The highest BCUT2D eigenvalue weighted by Crippen LogP contribution is 2.43. The smallest absolute Gasteiger partial charge is 0.407 e. The Bertz CT molecular complexity index is 1900. The summed E-state index contributed by atoms with van der Waals surface area (Å²) in [4.78, 5) is 58.4. The molecule has 1 aliphatic rings. The van der Waals surface area contributed by atoms with Crippen molar-refractivity contribution in [3.05, 3.63) is 131 Å². The molecule has 4 aromatic carbocycles. The SMILES string of the molecule is CCOC(=O)CC(c1ccccc1)N1C(=O)c2cc(C#CSCCNC(=O)OC(C)(C)C)ccc2N(c2ccccc2)C(=O)C1c1ccccc1. The number of hydrogen-bond donors (Lipinski definition) is 1. The van der Waals surface area contributed by atoms with Crippen molar-refractivity contribution < 1.29 is 28.7 Å². The van der Waals surface area contributed by atoms with E-state index in [-0.39, 0.29) is 24.5 Å². The molecule has 0 spiro atoms. The molecule has 0 radical (unpaired) electrons. The highest BCUT2D eigenvalue weighted by atomic mass is 32.2. The van der Waals surface area contributed by atoms with Gasteiger partial charge in [-0.15, -0.1) is 0 Å². The normalized spacial score (nSPS) is 14.8. The van der Waals surface area contributed by atoms with E-state index in [1.807, 2.05) is 91.0 Å². The Morgan fingerprint density at radius 1 is 0.902 bits per heavy atom. The third-order valence-electron chi connectivity index (χ3n) is 7.89. The summed E-state index contributed by atoms with van der Waals surface area (Å²) in [6.07, 6.45) is -0.651. The van der Waals surface area contributed by atoms with Gasteiger partial charge in [-0.05, 0) is 74.4 Å². The van der Waals surface area contributed by atoms with Gasteiger partial charge in [0.25, 0.3) is 11.8 Å². The van der Waals surface area contributed by atoms with E-state index in [1.54, 1.807) is 50.8 Å². The van der Waals surface area contributed by atoms with E-state index in [0.717, 1.165) is 0 Å². The largest absolute Gasteiger partial charge is 0.466 e. The number of nitrogens with zero attached hydrogens (tertiary/aromatic N) is 2. The van der Waals surface area contributed by atoms with Crippen LogP contribution >= 0.6 is 11.8 Å². The minimum absolute atomic E-state index is 0.158. The number of fused-ring (bicyclic) bond motifs is 1. The van der Waals surface area contributed by atoms with Crippen molar-refractivity contribution in [2.75, 3.05) is 23.8 Å². The van der Waals surface area contributed by atoms with Gasteiger partial charge < -0.3 is 19.7 Å². The zero-order valence-corrected chi connectivity index (χ0v) is 29.9. The van der Waals surface area contributed by atoms with Crippen LogP contribution in [0.5, 0.6) is 0 Å². The van der Waals surface area contributed by atoms with Crippen molar-refractivity contribution in [2.45, 2.75) is 51.8 Å². The summed E-state index contributed by atoms with van der Waals surface area (Å²) in [6.45, 7) is 7.68. The highest BCUT2D eigenvalue weighted by molar-refractivity contribution is 8.03. The lowest BCUT2D eigenvalue weighted by Gasteiger charge is -2.37. The van der Waals surface area contributed by atoms with Gasteiger partial charge in [0, 0.05) is 23.5 Å². The van der Waals surface area contributed by atoms with Crippen molar-refractivity contribution in [1.82, 2.24) is 10.2 Å². The Hall–Kier alpha value is -5.53. The van der Waals surface area contributed by atoms with Crippen LogP contribution in [0, 0.1) is 11.2 Å². The van der Waals surface area contributed by atoms with Crippen LogP contribution in [0.25, 0.3) is 0 Å². The van der Waals surface area contributed by atoms with Crippen LogP contribution in [0.15, 0.2) is 109 Å². The van der Waals surface area contributed by atoms with Crippen molar-refractivity contribution in [2.24, 2.45) is 0 Å². The predicted molar refractivity (Wildman–Crippen MR) is 199 cm³/mol. The van der Waals surface area contributed by atoms with Gasteiger partial charge in [0.15, 0.2) is 0 Å².